The van der Waals surface area contributed by atoms with Gasteiger partial charge in [0.15, 0.2) is 0 Å². The minimum absolute atomic E-state index is 0.169. The molecule has 1 heterocycles. The van der Waals surface area contributed by atoms with Crippen LogP contribution in [0.2, 0.25) is 5.02 Å². The van der Waals surface area contributed by atoms with Gasteiger partial charge in [-0.25, -0.2) is 0 Å². The molecule has 2 rings (SSSR count). The molecule has 0 saturated carbocycles. The van der Waals surface area contributed by atoms with Gasteiger partial charge in [-0.15, -0.1) is 0 Å². The second-order valence-corrected chi connectivity index (χ2v) is 4.74. The van der Waals surface area contributed by atoms with Gasteiger partial charge in [0.05, 0.1) is 12.2 Å². The van der Waals surface area contributed by atoms with Crippen molar-refractivity contribution in [3.63, 3.8) is 0 Å². The zero-order valence-electron chi connectivity index (χ0n) is 9.43. The molecule has 1 aromatic carbocycles. The van der Waals surface area contributed by atoms with Gasteiger partial charge < -0.3 is 15.1 Å². The average molecular weight is 256 g/mol. The van der Waals surface area contributed by atoms with Crippen molar-refractivity contribution >= 4 is 17.5 Å². The van der Waals surface area contributed by atoms with Crippen LogP contribution < -0.4 is 0 Å². The Morgan fingerprint density at radius 2 is 1.94 bits per heavy atom. The summed E-state index contributed by atoms with van der Waals surface area (Å²) in [6.07, 6.45) is -1.71. The predicted octanol–water partition coefficient (Wildman–Crippen LogP) is 0.826. The van der Waals surface area contributed by atoms with Crippen LogP contribution in [0.25, 0.3) is 0 Å². The lowest BCUT2D eigenvalue weighted by Gasteiger charge is -2.16. The number of aliphatic hydroxyl groups is 2. The molecule has 1 amide bonds. The van der Waals surface area contributed by atoms with Gasteiger partial charge in [-0.05, 0) is 30.7 Å². The minimum Gasteiger partial charge on any atom is -0.388 e. The maximum Gasteiger partial charge on any atom is 0.254 e. The number of hydrogen-bond donors (Lipinski definition) is 2. The van der Waals surface area contributed by atoms with Crippen molar-refractivity contribution in [2.45, 2.75) is 19.1 Å². The van der Waals surface area contributed by atoms with Crippen molar-refractivity contribution in [2.75, 3.05) is 13.1 Å². The molecule has 0 aliphatic carbocycles. The topological polar surface area (TPSA) is 60.8 Å². The molecule has 92 valence electrons. The smallest absolute Gasteiger partial charge is 0.254 e. The van der Waals surface area contributed by atoms with Crippen LogP contribution in [0.3, 0.4) is 0 Å². The highest BCUT2D eigenvalue weighted by atomic mass is 35.5. The number of aliphatic hydroxyl groups excluding tert-OH is 2. The largest absolute Gasteiger partial charge is 0.388 e. The SMILES string of the molecule is Cc1cc(Cl)ccc1C(=O)N1C[C@@H](O)[C@@H](O)C1. The molecule has 4 nitrogen and oxygen atoms in total. The molecule has 1 saturated heterocycles. The molecule has 1 aromatic rings. The number of rotatable bonds is 1. The molecule has 5 heteroatoms. The van der Waals surface area contributed by atoms with Gasteiger partial charge in [0.25, 0.3) is 5.91 Å². The number of aryl methyl sites for hydroxylation is 1. The summed E-state index contributed by atoms with van der Waals surface area (Å²) in [5.41, 5.74) is 1.34. The monoisotopic (exact) mass is 255 g/mol. The van der Waals surface area contributed by atoms with E-state index >= 15 is 0 Å². The van der Waals surface area contributed by atoms with E-state index < -0.39 is 12.2 Å². The Balaban J connectivity index is 2.20. The molecule has 0 bridgehead atoms. The Kier molecular flexibility index (Phi) is 3.38. The Morgan fingerprint density at radius 1 is 1.35 bits per heavy atom. The molecular weight excluding hydrogens is 242 g/mol. The number of amides is 1. The minimum atomic E-state index is -0.855. The van der Waals surface area contributed by atoms with Crippen molar-refractivity contribution in [1.29, 1.82) is 0 Å². The molecule has 1 aliphatic rings. The standard InChI is InChI=1S/C12H14ClNO3/c1-7-4-8(13)2-3-9(7)12(17)14-5-10(15)11(16)6-14/h2-4,10-11,15-16H,5-6H2,1H3/t10-,11+. The fourth-order valence-electron chi connectivity index (χ4n) is 1.97. The van der Waals surface area contributed by atoms with Crippen LogP contribution >= 0.6 is 11.6 Å². The Bertz CT molecular complexity index is 439. The fraction of sp³-hybridized carbons (Fsp3) is 0.417. The molecule has 1 aliphatic heterocycles. The first-order valence-corrected chi connectivity index (χ1v) is 5.78. The summed E-state index contributed by atoms with van der Waals surface area (Å²) >= 11 is 5.82. The van der Waals surface area contributed by atoms with E-state index in [1.54, 1.807) is 18.2 Å². The molecule has 1 fully saturated rings. The number of hydrogen-bond acceptors (Lipinski definition) is 3. The van der Waals surface area contributed by atoms with Crippen molar-refractivity contribution in [1.82, 2.24) is 4.90 Å². The van der Waals surface area contributed by atoms with Crippen LogP contribution in [0, 0.1) is 6.92 Å². The Morgan fingerprint density at radius 3 is 2.47 bits per heavy atom. The first-order valence-electron chi connectivity index (χ1n) is 5.40. The van der Waals surface area contributed by atoms with Crippen molar-refractivity contribution in [3.05, 3.63) is 34.3 Å². The number of carbonyl (C=O) groups excluding carboxylic acids is 1. The molecular formula is C12H14ClNO3. The number of benzene rings is 1. The maximum atomic E-state index is 12.1. The number of β-amino-alcohol motifs (C(OH)–C–C–N with tert-alkyl or cyclic N) is 2. The van der Waals surface area contributed by atoms with E-state index in [2.05, 4.69) is 0 Å². The van der Waals surface area contributed by atoms with Crippen LogP contribution in [0.1, 0.15) is 15.9 Å². The molecule has 0 aromatic heterocycles. The summed E-state index contributed by atoms with van der Waals surface area (Å²) in [5.74, 6) is -0.185. The summed E-state index contributed by atoms with van der Waals surface area (Å²) in [6, 6.07) is 5.04. The first-order chi connectivity index (χ1) is 7.99. The third-order valence-corrected chi connectivity index (χ3v) is 3.20. The molecule has 2 N–H and O–H groups in total. The molecule has 17 heavy (non-hydrogen) atoms. The second-order valence-electron chi connectivity index (χ2n) is 4.30. The van der Waals surface area contributed by atoms with E-state index in [-0.39, 0.29) is 19.0 Å². The van der Waals surface area contributed by atoms with Crippen LogP contribution in [-0.2, 0) is 0 Å². The van der Waals surface area contributed by atoms with Gasteiger partial charge in [0, 0.05) is 23.7 Å². The lowest BCUT2D eigenvalue weighted by molar-refractivity contribution is 0.0572. The van der Waals surface area contributed by atoms with Crippen LogP contribution in [0.4, 0.5) is 0 Å². The van der Waals surface area contributed by atoms with E-state index in [9.17, 15) is 15.0 Å². The molecule has 0 radical (unpaired) electrons. The average Bonchev–Trinajstić information content (AvgIpc) is 2.58. The highest BCUT2D eigenvalue weighted by Crippen LogP contribution is 2.19. The highest BCUT2D eigenvalue weighted by Gasteiger charge is 2.33. The number of likely N-dealkylation sites (tertiary alicyclic amines) is 1. The van der Waals surface area contributed by atoms with Crippen molar-refractivity contribution in [3.8, 4) is 0 Å². The summed E-state index contributed by atoms with van der Waals surface area (Å²) < 4.78 is 0. The van der Waals surface area contributed by atoms with E-state index in [1.165, 1.54) is 4.90 Å². The third kappa shape index (κ3) is 2.44. The summed E-state index contributed by atoms with van der Waals surface area (Å²) in [6.45, 7) is 2.15. The predicted molar refractivity (Wildman–Crippen MR) is 64.1 cm³/mol. The summed E-state index contributed by atoms with van der Waals surface area (Å²) in [7, 11) is 0. The normalized spacial score (nSPS) is 24.1. The Hall–Kier alpha value is -1.10. The van der Waals surface area contributed by atoms with Gasteiger partial charge >= 0.3 is 0 Å². The maximum absolute atomic E-state index is 12.1. The number of carbonyl (C=O) groups is 1. The first kappa shape index (κ1) is 12.4. The zero-order chi connectivity index (χ0) is 12.6. The Labute approximate surface area is 104 Å². The fourth-order valence-corrected chi connectivity index (χ4v) is 2.20. The van der Waals surface area contributed by atoms with Gasteiger partial charge in [-0.1, -0.05) is 11.6 Å². The van der Waals surface area contributed by atoms with Crippen LogP contribution in [0.5, 0.6) is 0 Å². The summed E-state index contributed by atoms with van der Waals surface area (Å²) in [5, 5.41) is 19.4. The lowest BCUT2D eigenvalue weighted by atomic mass is 10.1. The van der Waals surface area contributed by atoms with Gasteiger partial charge in [-0.3, -0.25) is 4.79 Å². The molecule has 2 atom stereocenters. The quantitative estimate of drug-likeness (QED) is 0.781. The van der Waals surface area contributed by atoms with Crippen LogP contribution in [-0.4, -0.2) is 46.3 Å². The van der Waals surface area contributed by atoms with E-state index in [0.29, 0.717) is 10.6 Å². The van der Waals surface area contributed by atoms with Crippen molar-refractivity contribution in [2.24, 2.45) is 0 Å². The summed E-state index contributed by atoms with van der Waals surface area (Å²) in [4.78, 5) is 13.6. The highest BCUT2D eigenvalue weighted by molar-refractivity contribution is 6.30. The van der Waals surface area contributed by atoms with Crippen LogP contribution in [0.15, 0.2) is 18.2 Å². The van der Waals surface area contributed by atoms with Gasteiger partial charge in [0.1, 0.15) is 0 Å². The third-order valence-electron chi connectivity index (χ3n) is 2.97. The second kappa shape index (κ2) is 4.64. The van der Waals surface area contributed by atoms with Gasteiger partial charge in [0.2, 0.25) is 0 Å². The number of halogens is 1. The zero-order valence-corrected chi connectivity index (χ0v) is 10.2. The molecule has 0 spiro atoms. The van der Waals surface area contributed by atoms with E-state index in [4.69, 9.17) is 11.6 Å². The molecule has 0 unspecified atom stereocenters. The van der Waals surface area contributed by atoms with E-state index in [1.807, 2.05) is 6.92 Å². The lowest BCUT2D eigenvalue weighted by Crippen LogP contribution is -2.30. The van der Waals surface area contributed by atoms with Crippen molar-refractivity contribution < 1.29 is 15.0 Å². The number of nitrogens with zero attached hydrogens (tertiary/aromatic N) is 1. The van der Waals surface area contributed by atoms with E-state index in [0.717, 1.165) is 5.56 Å². The van der Waals surface area contributed by atoms with Gasteiger partial charge in [-0.2, -0.15) is 0 Å².